The molecular formula is C30H33ClF3N3O4S. The van der Waals surface area contributed by atoms with Crippen molar-refractivity contribution in [3.05, 3.63) is 94.5 Å². The van der Waals surface area contributed by atoms with Gasteiger partial charge < -0.3 is 10.2 Å². The first kappa shape index (κ1) is 32.9. The molecule has 12 heteroatoms. The number of benzene rings is 3. The highest BCUT2D eigenvalue weighted by Gasteiger charge is 2.37. The van der Waals surface area contributed by atoms with Crippen molar-refractivity contribution < 1.29 is 31.2 Å². The van der Waals surface area contributed by atoms with Crippen LogP contribution in [0, 0.1) is 12.8 Å². The maximum Gasteiger partial charge on any atom is 0.417 e. The Kier molecular flexibility index (Phi) is 10.7. The number of hydrogen-bond donors (Lipinski definition) is 1. The average Bonchev–Trinajstić information content (AvgIpc) is 2.94. The number of amides is 2. The highest BCUT2D eigenvalue weighted by molar-refractivity contribution is 7.92. The van der Waals surface area contributed by atoms with E-state index in [-0.39, 0.29) is 17.4 Å². The first-order valence-corrected chi connectivity index (χ1v) is 15.0. The van der Waals surface area contributed by atoms with Crippen LogP contribution in [0.25, 0.3) is 0 Å². The van der Waals surface area contributed by atoms with E-state index in [4.69, 9.17) is 11.6 Å². The Morgan fingerprint density at radius 2 is 1.57 bits per heavy atom. The minimum absolute atomic E-state index is 0.0387. The van der Waals surface area contributed by atoms with Gasteiger partial charge in [-0.05, 0) is 55.7 Å². The maximum absolute atomic E-state index is 13.9. The van der Waals surface area contributed by atoms with Crippen LogP contribution in [0.15, 0.2) is 77.7 Å². The summed E-state index contributed by atoms with van der Waals surface area (Å²) in [7, 11) is -4.53. The van der Waals surface area contributed by atoms with Crippen molar-refractivity contribution in [2.45, 2.75) is 51.4 Å². The van der Waals surface area contributed by atoms with E-state index in [9.17, 15) is 31.2 Å². The molecule has 226 valence electrons. The molecule has 0 radical (unpaired) electrons. The van der Waals surface area contributed by atoms with E-state index in [0.717, 1.165) is 17.7 Å². The molecule has 3 aromatic carbocycles. The van der Waals surface area contributed by atoms with Crippen molar-refractivity contribution in [3.8, 4) is 0 Å². The molecule has 0 bridgehead atoms. The summed E-state index contributed by atoms with van der Waals surface area (Å²) >= 11 is 5.80. The van der Waals surface area contributed by atoms with Crippen LogP contribution >= 0.6 is 11.6 Å². The monoisotopic (exact) mass is 623 g/mol. The number of sulfonamides is 1. The lowest BCUT2D eigenvalue weighted by atomic mass is 10.1. The van der Waals surface area contributed by atoms with E-state index < -0.39 is 56.9 Å². The lowest BCUT2D eigenvalue weighted by Gasteiger charge is -2.32. The van der Waals surface area contributed by atoms with Gasteiger partial charge in [0.2, 0.25) is 11.8 Å². The molecule has 0 spiro atoms. The molecule has 1 N–H and O–H groups in total. The van der Waals surface area contributed by atoms with Gasteiger partial charge in [0.15, 0.2) is 0 Å². The Balaban J connectivity index is 2.08. The second kappa shape index (κ2) is 13.6. The summed E-state index contributed by atoms with van der Waals surface area (Å²) in [5.74, 6) is -1.10. The van der Waals surface area contributed by atoms with Crippen LogP contribution in [0.3, 0.4) is 0 Å². The number of hydrogen-bond acceptors (Lipinski definition) is 4. The number of alkyl halides is 3. The smallest absolute Gasteiger partial charge is 0.354 e. The molecule has 0 aliphatic rings. The van der Waals surface area contributed by atoms with Gasteiger partial charge in [0.1, 0.15) is 12.6 Å². The van der Waals surface area contributed by atoms with Gasteiger partial charge in [-0.3, -0.25) is 13.9 Å². The van der Waals surface area contributed by atoms with Crippen molar-refractivity contribution in [2.24, 2.45) is 5.92 Å². The second-order valence-corrected chi connectivity index (χ2v) is 12.6. The van der Waals surface area contributed by atoms with Crippen LogP contribution in [0.1, 0.15) is 37.5 Å². The molecule has 42 heavy (non-hydrogen) atoms. The Morgan fingerprint density at radius 1 is 0.952 bits per heavy atom. The van der Waals surface area contributed by atoms with E-state index in [2.05, 4.69) is 5.32 Å². The van der Waals surface area contributed by atoms with Gasteiger partial charge in [0.25, 0.3) is 10.0 Å². The molecule has 2 amide bonds. The van der Waals surface area contributed by atoms with Crippen LogP contribution < -0.4 is 9.62 Å². The summed E-state index contributed by atoms with van der Waals surface area (Å²) in [5, 5.41) is 2.16. The van der Waals surface area contributed by atoms with Crippen molar-refractivity contribution in [1.29, 1.82) is 0 Å². The molecule has 0 fully saturated rings. The Bertz CT molecular complexity index is 1500. The molecule has 3 rings (SSSR count). The molecule has 1 atom stereocenters. The lowest BCUT2D eigenvalue weighted by molar-refractivity contribution is -0.139. The van der Waals surface area contributed by atoms with Gasteiger partial charge in [0, 0.05) is 13.1 Å². The van der Waals surface area contributed by atoms with Crippen LogP contribution in [-0.4, -0.2) is 44.3 Å². The van der Waals surface area contributed by atoms with Gasteiger partial charge in [-0.2, -0.15) is 13.2 Å². The number of aryl methyl sites for hydroxylation is 1. The zero-order valence-corrected chi connectivity index (χ0v) is 25.2. The fourth-order valence-electron chi connectivity index (χ4n) is 4.06. The number of nitrogens with one attached hydrogen (secondary N) is 1. The molecular weight excluding hydrogens is 591 g/mol. The minimum atomic E-state index is -4.88. The zero-order valence-electron chi connectivity index (χ0n) is 23.7. The molecule has 3 aromatic rings. The standard InChI is InChI=1S/C30H33ClF3N3O4S/c1-20(2)17-35-29(39)22(4)36(18-23-12-10-21(3)11-13-23)28(38)19-37(42(40,41)25-8-6-5-7-9-25)24-14-15-27(31)26(16-24)30(32,33)34/h5-16,20,22H,17-19H2,1-4H3,(H,35,39)/t22-/m0/s1. The maximum atomic E-state index is 13.9. The Morgan fingerprint density at radius 3 is 2.14 bits per heavy atom. The molecule has 0 aliphatic heterocycles. The van der Waals surface area contributed by atoms with Gasteiger partial charge in [-0.15, -0.1) is 0 Å². The minimum Gasteiger partial charge on any atom is -0.354 e. The Hall–Kier alpha value is -3.57. The quantitative estimate of drug-likeness (QED) is 0.282. The number of carbonyl (C=O) groups is 2. The number of halogens is 4. The van der Waals surface area contributed by atoms with Crippen LogP contribution in [0.5, 0.6) is 0 Å². The molecule has 0 heterocycles. The normalized spacial score (nSPS) is 12.6. The summed E-state index contributed by atoms with van der Waals surface area (Å²) in [6.45, 7) is 6.67. The SMILES string of the molecule is Cc1ccc(CN(C(=O)CN(c2ccc(Cl)c(C(F)(F)F)c2)S(=O)(=O)c2ccccc2)[C@@H](C)C(=O)NCC(C)C)cc1. The molecule has 0 saturated heterocycles. The van der Waals surface area contributed by atoms with Crippen molar-refractivity contribution in [3.63, 3.8) is 0 Å². The topological polar surface area (TPSA) is 86.8 Å². The van der Waals surface area contributed by atoms with Crippen LogP contribution in [0.4, 0.5) is 18.9 Å². The number of anilines is 1. The fraction of sp³-hybridized carbons (Fsp3) is 0.333. The fourth-order valence-corrected chi connectivity index (χ4v) is 5.71. The predicted octanol–water partition coefficient (Wildman–Crippen LogP) is 6.05. The molecule has 7 nitrogen and oxygen atoms in total. The van der Waals surface area contributed by atoms with Crippen LogP contribution in [-0.2, 0) is 32.3 Å². The lowest BCUT2D eigenvalue weighted by Crippen LogP contribution is -2.51. The van der Waals surface area contributed by atoms with E-state index in [1.807, 2.05) is 32.9 Å². The third-order valence-corrected chi connectivity index (χ3v) is 8.60. The average molecular weight is 624 g/mol. The number of carbonyl (C=O) groups excluding carboxylic acids is 2. The highest BCUT2D eigenvalue weighted by atomic mass is 35.5. The summed E-state index contributed by atoms with van der Waals surface area (Å²) < 4.78 is 69.3. The third-order valence-electron chi connectivity index (χ3n) is 6.48. The van der Waals surface area contributed by atoms with Crippen molar-refractivity contribution >= 4 is 39.1 Å². The summed E-state index contributed by atoms with van der Waals surface area (Å²) in [6, 6.07) is 15.9. The molecule has 0 aromatic heterocycles. The van der Waals surface area contributed by atoms with E-state index >= 15 is 0 Å². The predicted molar refractivity (Wildman–Crippen MR) is 156 cm³/mol. The zero-order chi connectivity index (χ0) is 31.2. The second-order valence-electron chi connectivity index (χ2n) is 10.3. The van der Waals surface area contributed by atoms with Gasteiger partial charge in [-0.25, -0.2) is 8.42 Å². The summed E-state index contributed by atoms with van der Waals surface area (Å²) in [5.41, 5.74) is -0.0000820. The highest BCUT2D eigenvalue weighted by Crippen LogP contribution is 2.38. The van der Waals surface area contributed by atoms with Gasteiger partial charge in [0.05, 0.1) is 21.2 Å². The van der Waals surface area contributed by atoms with Gasteiger partial charge >= 0.3 is 6.18 Å². The first-order chi connectivity index (χ1) is 19.6. The van der Waals surface area contributed by atoms with E-state index in [0.29, 0.717) is 22.5 Å². The molecule has 0 saturated carbocycles. The van der Waals surface area contributed by atoms with E-state index in [1.165, 1.54) is 36.1 Å². The number of rotatable bonds is 11. The number of nitrogens with zero attached hydrogens (tertiary/aromatic N) is 2. The molecule has 0 aliphatic carbocycles. The van der Waals surface area contributed by atoms with Crippen molar-refractivity contribution in [2.75, 3.05) is 17.4 Å². The van der Waals surface area contributed by atoms with E-state index in [1.54, 1.807) is 18.2 Å². The van der Waals surface area contributed by atoms with Crippen molar-refractivity contribution in [1.82, 2.24) is 10.2 Å². The van der Waals surface area contributed by atoms with Gasteiger partial charge in [-0.1, -0.05) is 73.5 Å². The van der Waals surface area contributed by atoms with Crippen LogP contribution in [0.2, 0.25) is 5.02 Å². The Labute approximate surface area is 249 Å². The summed E-state index contributed by atoms with van der Waals surface area (Å²) in [6.07, 6.45) is -4.88. The first-order valence-electron chi connectivity index (χ1n) is 13.2. The summed E-state index contributed by atoms with van der Waals surface area (Å²) in [4.78, 5) is 27.9. The largest absolute Gasteiger partial charge is 0.417 e. The molecule has 0 unspecified atom stereocenters. The third kappa shape index (κ3) is 8.25.